The van der Waals surface area contributed by atoms with E-state index in [-0.39, 0.29) is 37.1 Å². The minimum absolute atomic E-state index is 0.0310. The third kappa shape index (κ3) is 2.52. The van der Waals surface area contributed by atoms with Crippen molar-refractivity contribution >= 4 is 6.21 Å². The molecule has 2 rings (SSSR count). The molecule has 2 aliphatic rings. The van der Waals surface area contributed by atoms with Crippen LogP contribution in [0.1, 0.15) is 25.7 Å². The average molecular weight is 219 g/mol. The van der Waals surface area contributed by atoms with Gasteiger partial charge in [-0.2, -0.15) is 0 Å². The number of hydrogen-bond acceptors (Lipinski definition) is 2. The first-order valence-electron chi connectivity index (χ1n) is 4.99. The molecule has 1 aliphatic heterocycles. The number of halogens is 3. The number of hydrogen-bond donors (Lipinski definition) is 0. The third-order valence-corrected chi connectivity index (χ3v) is 2.56. The molecule has 1 fully saturated rings. The highest BCUT2D eigenvalue weighted by Crippen LogP contribution is 2.42. The molecule has 15 heavy (non-hydrogen) atoms. The van der Waals surface area contributed by atoms with Gasteiger partial charge in [0.05, 0.1) is 6.61 Å². The van der Waals surface area contributed by atoms with Gasteiger partial charge in [-0.05, 0) is 6.42 Å². The maximum Gasteiger partial charge on any atom is 0.248 e. The second-order valence-corrected chi connectivity index (χ2v) is 4.00. The quantitative estimate of drug-likeness (QED) is 0.714. The van der Waals surface area contributed by atoms with Gasteiger partial charge in [0.15, 0.2) is 5.83 Å². The van der Waals surface area contributed by atoms with E-state index >= 15 is 0 Å². The summed E-state index contributed by atoms with van der Waals surface area (Å²) in [5.41, 5.74) is 0. The van der Waals surface area contributed by atoms with Gasteiger partial charge in [0.1, 0.15) is 0 Å². The number of rotatable bonds is 3. The highest BCUT2D eigenvalue weighted by molar-refractivity contribution is 5.60. The van der Waals surface area contributed by atoms with E-state index in [2.05, 4.69) is 4.99 Å². The molecule has 0 aromatic rings. The van der Waals surface area contributed by atoms with Crippen molar-refractivity contribution in [2.24, 2.45) is 10.9 Å². The molecule has 0 unspecified atom stereocenters. The Balaban J connectivity index is 1.77. The lowest BCUT2D eigenvalue weighted by atomic mass is 9.82. The van der Waals surface area contributed by atoms with Crippen molar-refractivity contribution in [3.63, 3.8) is 0 Å². The molecule has 1 heterocycles. The molecule has 5 heteroatoms. The van der Waals surface area contributed by atoms with E-state index in [1.165, 1.54) is 0 Å². The fourth-order valence-electron chi connectivity index (χ4n) is 1.73. The first-order chi connectivity index (χ1) is 7.07. The summed E-state index contributed by atoms with van der Waals surface area (Å²) in [6.45, 7) is 0.135. The van der Waals surface area contributed by atoms with Crippen LogP contribution in [0.25, 0.3) is 0 Å². The van der Waals surface area contributed by atoms with Gasteiger partial charge < -0.3 is 4.74 Å². The standard InChI is InChI=1S/C10H12F3NO/c11-8-2-1-3-14-9(8)15-6-7-4-10(12,13)5-7/h3,7H,1-2,4-6H2. The summed E-state index contributed by atoms with van der Waals surface area (Å²) >= 11 is 0. The van der Waals surface area contributed by atoms with Gasteiger partial charge in [-0.25, -0.2) is 18.2 Å². The van der Waals surface area contributed by atoms with Gasteiger partial charge in [-0.1, -0.05) is 0 Å². The van der Waals surface area contributed by atoms with Gasteiger partial charge in [0.2, 0.25) is 11.8 Å². The predicted molar refractivity (Wildman–Crippen MR) is 49.5 cm³/mol. The smallest absolute Gasteiger partial charge is 0.248 e. The molecule has 0 aromatic heterocycles. The zero-order chi connectivity index (χ0) is 10.9. The van der Waals surface area contributed by atoms with Crippen molar-refractivity contribution in [2.45, 2.75) is 31.6 Å². The highest BCUT2D eigenvalue weighted by atomic mass is 19.3. The number of aliphatic imine (C=N–C) groups is 1. The highest BCUT2D eigenvalue weighted by Gasteiger charge is 2.45. The Morgan fingerprint density at radius 2 is 2.20 bits per heavy atom. The van der Waals surface area contributed by atoms with Crippen LogP contribution in [-0.4, -0.2) is 18.7 Å². The van der Waals surface area contributed by atoms with Gasteiger partial charge in [-0.15, -0.1) is 0 Å². The summed E-state index contributed by atoms with van der Waals surface area (Å²) < 4.78 is 43.0. The Bertz CT molecular complexity index is 304. The van der Waals surface area contributed by atoms with E-state index in [1.54, 1.807) is 6.21 Å². The molecule has 0 radical (unpaired) electrons. The maximum absolute atomic E-state index is 13.1. The van der Waals surface area contributed by atoms with Crippen LogP contribution in [-0.2, 0) is 4.74 Å². The molecule has 1 saturated carbocycles. The molecular weight excluding hydrogens is 207 g/mol. The van der Waals surface area contributed by atoms with E-state index in [4.69, 9.17) is 4.74 Å². The first kappa shape index (κ1) is 10.5. The molecule has 84 valence electrons. The second-order valence-electron chi connectivity index (χ2n) is 4.00. The Morgan fingerprint density at radius 3 is 2.80 bits per heavy atom. The van der Waals surface area contributed by atoms with Crippen LogP contribution in [0.2, 0.25) is 0 Å². The number of allylic oxidation sites excluding steroid dienone is 1. The average Bonchev–Trinajstić information content (AvgIpc) is 2.13. The molecular formula is C10H12F3NO. The van der Waals surface area contributed by atoms with Gasteiger partial charge >= 0.3 is 0 Å². The van der Waals surface area contributed by atoms with E-state index in [0.29, 0.717) is 12.8 Å². The van der Waals surface area contributed by atoms with E-state index in [0.717, 1.165) is 0 Å². The van der Waals surface area contributed by atoms with Gasteiger partial charge in [0.25, 0.3) is 0 Å². The number of ether oxygens (including phenoxy) is 1. The number of nitrogens with zero attached hydrogens (tertiary/aromatic N) is 1. The van der Waals surface area contributed by atoms with E-state index in [1.807, 2.05) is 0 Å². The second kappa shape index (κ2) is 3.87. The van der Waals surface area contributed by atoms with E-state index < -0.39 is 5.92 Å². The molecule has 0 saturated heterocycles. The minimum atomic E-state index is -2.54. The van der Waals surface area contributed by atoms with Crippen molar-refractivity contribution in [3.8, 4) is 0 Å². The lowest BCUT2D eigenvalue weighted by molar-refractivity contribution is -0.124. The van der Waals surface area contributed by atoms with Crippen LogP contribution < -0.4 is 0 Å². The monoisotopic (exact) mass is 219 g/mol. The third-order valence-electron chi connectivity index (χ3n) is 2.56. The Kier molecular flexibility index (Phi) is 2.71. The van der Waals surface area contributed by atoms with Crippen molar-refractivity contribution in [2.75, 3.05) is 6.61 Å². The van der Waals surface area contributed by atoms with Crippen LogP contribution in [0.4, 0.5) is 13.2 Å². The summed E-state index contributed by atoms with van der Waals surface area (Å²) in [7, 11) is 0. The fourth-order valence-corrected chi connectivity index (χ4v) is 1.73. The first-order valence-corrected chi connectivity index (χ1v) is 4.99. The largest absolute Gasteiger partial charge is 0.476 e. The maximum atomic E-state index is 13.1. The molecule has 2 nitrogen and oxygen atoms in total. The molecule has 0 aromatic carbocycles. The zero-order valence-corrected chi connectivity index (χ0v) is 8.18. The van der Waals surface area contributed by atoms with Crippen molar-refractivity contribution in [1.82, 2.24) is 0 Å². The summed E-state index contributed by atoms with van der Waals surface area (Å²) in [4.78, 5) is 3.75. The molecule has 1 aliphatic carbocycles. The van der Waals surface area contributed by atoms with Gasteiger partial charge in [-0.3, -0.25) is 0 Å². The lowest BCUT2D eigenvalue weighted by Crippen LogP contribution is -2.37. The normalized spacial score (nSPS) is 25.3. The summed E-state index contributed by atoms with van der Waals surface area (Å²) in [5.74, 6) is -3.13. The van der Waals surface area contributed by atoms with Crippen LogP contribution in [0.5, 0.6) is 0 Å². The Morgan fingerprint density at radius 1 is 1.47 bits per heavy atom. The van der Waals surface area contributed by atoms with Crippen LogP contribution in [0, 0.1) is 5.92 Å². The molecule has 0 amide bonds. The Labute approximate surface area is 85.8 Å². The van der Waals surface area contributed by atoms with Crippen molar-refractivity contribution < 1.29 is 17.9 Å². The van der Waals surface area contributed by atoms with Crippen molar-refractivity contribution in [1.29, 1.82) is 0 Å². The summed E-state index contributed by atoms with van der Waals surface area (Å²) in [6, 6.07) is 0. The number of alkyl halides is 2. The topological polar surface area (TPSA) is 21.6 Å². The van der Waals surface area contributed by atoms with E-state index in [9.17, 15) is 13.2 Å². The molecule has 0 spiro atoms. The molecule has 0 atom stereocenters. The van der Waals surface area contributed by atoms with Crippen LogP contribution in [0.3, 0.4) is 0 Å². The lowest BCUT2D eigenvalue weighted by Gasteiger charge is -2.34. The molecule has 0 bridgehead atoms. The van der Waals surface area contributed by atoms with Crippen LogP contribution in [0.15, 0.2) is 16.7 Å². The Hall–Kier alpha value is -1.00. The fraction of sp³-hybridized carbons (Fsp3) is 0.700. The molecule has 0 N–H and O–H groups in total. The SMILES string of the molecule is FC1=C(OCC2CC(F)(F)C2)N=CCC1. The predicted octanol–water partition coefficient (Wildman–Crippen LogP) is 3.05. The summed E-state index contributed by atoms with van der Waals surface area (Å²) in [6.07, 6.45) is 2.12. The summed E-state index contributed by atoms with van der Waals surface area (Å²) in [5, 5.41) is 0. The van der Waals surface area contributed by atoms with Crippen LogP contribution >= 0.6 is 0 Å². The minimum Gasteiger partial charge on any atom is -0.476 e. The van der Waals surface area contributed by atoms with Gasteiger partial charge in [0, 0.05) is 31.4 Å². The zero-order valence-electron chi connectivity index (χ0n) is 8.18. The van der Waals surface area contributed by atoms with Crippen molar-refractivity contribution in [3.05, 3.63) is 11.7 Å².